The molecule has 2 bridgehead atoms. The maximum Gasteiger partial charge on any atom is 0.329 e. The second kappa shape index (κ2) is 4.93. The van der Waals surface area contributed by atoms with Crippen molar-refractivity contribution in [2.75, 3.05) is 12.4 Å². The number of halogens is 1. The molecule has 1 aromatic carbocycles. The van der Waals surface area contributed by atoms with Crippen LogP contribution in [0.4, 0.5) is 5.69 Å². The molecule has 2 atom stereocenters. The topological polar surface area (TPSA) is 52.6 Å². The lowest BCUT2D eigenvalue weighted by atomic mass is 9.82. The van der Waals surface area contributed by atoms with Crippen LogP contribution in [0.2, 0.25) is 5.02 Å². The highest BCUT2D eigenvalue weighted by Crippen LogP contribution is 2.41. The van der Waals surface area contributed by atoms with Crippen LogP contribution in [-0.2, 0) is 4.79 Å². The second-order valence-corrected chi connectivity index (χ2v) is 6.41. The summed E-state index contributed by atoms with van der Waals surface area (Å²) < 4.78 is 0. The third kappa shape index (κ3) is 2.27. The zero-order valence-electron chi connectivity index (χ0n) is 11.5. The van der Waals surface area contributed by atoms with Crippen molar-refractivity contribution >= 4 is 23.3 Å². The summed E-state index contributed by atoms with van der Waals surface area (Å²) in [6.45, 7) is 0. The molecule has 0 aromatic heterocycles. The van der Waals surface area contributed by atoms with Gasteiger partial charge in [0.15, 0.2) is 0 Å². The molecule has 2 saturated heterocycles. The smallest absolute Gasteiger partial charge is 0.329 e. The SMILES string of the molecule is CN1C2CCC1CC(Nc1ccc(Cl)cc1)(C(=O)O)C2. The number of carbonyl (C=O) groups is 1. The predicted octanol–water partition coefficient (Wildman–Crippen LogP) is 2.83. The minimum atomic E-state index is -0.855. The van der Waals surface area contributed by atoms with Crippen molar-refractivity contribution in [3.63, 3.8) is 0 Å². The molecule has 20 heavy (non-hydrogen) atoms. The highest BCUT2D eigenvalue weighted by atomic mass is 35.5. The predicted molar refractivity (Wildman–Crippen MR) is 79.2 cm³/mol. The Hall–Kier alpha value is -1.26. The van der Waals surface area contributed by atoms with Gasteiger partial charge in [-0.3, -0.25) is 0 Å². The van der Waals surface area contributed by atoms with E-state index in [9.17, 15) is 9.90 Å². The summed E-state index contributed by atoms with van der Waals surface area (Å²) in [7, 11) is 2.11. The Morgan fingerprint density at radius 1 is 1.30 bits per heavy atom. The molecular formula is C15H19ClN2O2. The standard InChI is InChI=1S/C15H19ClN2O2/c1-18-12-6-7-13(18)9-15(8-12,14(19)20)17-11-4-2-10(16)3-5-11/h2-5,12-13,17H,6-9H2,1H3,(H,19,20). The summed E-state index contributed by atoms with van der Waals surface area (Å²) in [6.07, 6.45) is 3.49. The second-order valence-electron chi connectivity index (χ2n) is 5.98. The van der Waals surface area contributed by atoms with Crippen molar-refractivity contribution in [3.05, 3.63) is 29.3 Å². The molecule has 0 amide bonds. The van der Waals surface area contributed by atoms with E-state index in [0.717, 1.165) is 18.5 Å². The number of nitrogens with zero attached hydrogens (tertiary/aromatic N) is 1. The molecule has 0 spiro atoms. The lowest BCUT2D eigenvalue weighted by molar-refractivity contribution is -0.145. The van der Waals surface area contributed by atoms with E-state index in [1.807, 2.05) is 12.1 Å². The van der Waals surface area contributed by atoms with Crippen molar-refractivity contribution in [3.8, 4) is 0 Å². The normalized spacial score (nSPS) is 33.1. The van der Waals surface area contributed by atoms with Gasteiger partial charge in [-0.2, -0.15) is 0 Å². The Morgan fingerprint density at radius 3 is 2.35 bits per heavy atom. The lowest BCUT2D eigenvalue weighted by Crippen LogP contribution is -2.57. The summed E-state index contributed by atoms with van der Waals surface area (Å²) in [6, 6.07) is 7.97. The molecule has 5 heteroatoms. The number of hydrogen-bond donors (Lipinski definition) is 2. The fourth-order valence-electron chi connectivity index (χ4n) is 3.61. The molecule has 2 unspecified atom stereocenters. The average molecular weight is 295 g/mol. The summed E-state index contributed by atoms with van der Waals surface area (Å²) in [5, 5.41) is 13.7. The first kappa shape index (κ1) is 13.7. The van der Waals surface area contributed by atoms with E-state index in [2.05, 4.69) is 17.3 Å². The van der Waals surface area contributed by atoms with E-state index in [0.29, 0.717) is 29.9 Å². The van der Waals surface area contributed by atoms with E-state index in [1.54, 1.807) is 12.1 Å². The molecule has 0 radical (unpaired) electrons. The molecule has 4 nitrogen and oxygen atoms in total. The minimum Gasteiger partial charge on any atom is -0.480 e. The molecule has 1 aromatic rings. The average Bonchev–Trinajstić information content (AvgIpc) is 2.64. The molecule has 2 heterocycles. The zero-order chi connectivity index (χ0) is 14.3. The fourth-order valence-corrected chi connectivity index (χ4v) is 3.74. The number of carboxylic acid groups (broad SMARTS) is 1. The quantitative estimate of drug-likeness (QED) is 0.900. The molecule has 2 aliphatic rings. The van der Waals surface area contributed by atoms with Gasteiger partial charge in [0.25, 0.3) is 0 Å². The molecule has 3 rings (SSSR count). The Bertz CT molecular complexity index is 503. The first-order chi connectivity index (χ1) is 9.50. The van der Waals surface area contributed by atoms with Crippen LogP contribution >= 0.6 is 11.6 Å². The maximum atomic E-state index is 11.9. The van der Waals surface area contributed by atoms with Gasteiger partial charge >= 0.3 is 5.97 Å². The number of benzene rings is 1. The molecule has 0 aliphatic carbocycles. The molecular weight excluding hydrogens is 276 g/mol. The maximum absolute atomic E-state index is 11.9. The van der Waals surface area contributed by atoms with E-state index in [4.69, 9.17) is 11.6 Å². The van der Waals surface area contributed by atoms with Crippen molar-refractivity contribution in [2.45, 2.75) is 43.3 Å². The summed E-state index contributed by atoms with van der Waals surface area (Å²) in [5.41, 5.74) is -0.0348. The van der Waals surface area contributed by atoms with E-state index >= 15 is 0 Å². The largest absolute Gasteiger partial charge is 0.480 e. The summed E-state index contributed by atoms with van der Waals surface area (Å²) in [5.74, 6) is -0.752. The van der Waals surface area contributed by atoms with Crippen LogP contribution in [0, 0.1) is 0 Å². The fraction of sp³-hybridized carbons (Fsp3) is 0.533. The third-order valence-corrected chi connectivity index (χ3v) is 5.04. The van der Waals surface area contributed by atoms with Gasteiger partial charge in [-0.25, -0.2) is 4.79 Å². The van der Waals surface area contributed by atoms with Crippen LogP contribution in [0.1, 0.15) is 25.7 Å². The van der Waals surface area contributed by atoms with Gasteiger partial charge < -0.3 is 15.3 Å². The number of anilines is 1. The van der Waals surface area contributed by atoms with E-state index < -0.39 is 11.5 Å². The minimum absolute atomic E-state index is 0.365. The third-order valence-electron chi connectivity index (χ3n) is 4.79. The Kier molecular flexibility index (Phi) is 3.38. The van der Waals surface area contributed by atoms with Crippen molar-refractivity contribution in [1.29, 1.82) is 0 Å². The van der Waals surface area contributed by atoms with Crippen LogP contribution in [0.5, 0.6) is 0 Å². The molecule has 2 aliphatic heterocycles. The van der Waals surface area contributed by atoms with Crippen molar-refractivity contribution in [2.24, 2.45) is 0 Å². The van der Waals surface area contributed by atoms with E-state index in [1.165, 1.54) is 0 Å². The molecule has 2 fully saturated rings. The Morgan fingerprint density at radius 2 is 1.85 bits per heavy atom. The van der Waals surface area contributed by atoms with Crippen LogP contribution < -0.4 is 5.32 Å². The van der Waals surface area contributed by atoms with Crippen LogP contribution in [0.15, 0.2) is 24.3 Å². The number of hydrogen-bond acceptors (Lipinski definition) is 3. The van der Waals surface area contributed by atoms with Gasteiger partial charge in [0, 0.05) is 22.8 Å². The van der Waals surface area contributed by atoms with Gasteiger partial charge in [-0.05, 0) is 57.0 Å². The Labute approximate surface area is 123 Å². The monoisotopic (exact) mass is 294 g/mol. The van der Waals surface area contributed by atoms with Gasteiger partial charge in [0.1, 0.15) is 5.54 Å². The summed E-state index contributed by atoms with van der Waals surface area (Å²) in [4.78, 5) is 14.2. The number of piperidine rings is 1. The van der Waals surface area contributed by atoms with Gasteiger partial charge in [0.2, 0.25) is 0 Å². The lowest BCUT2D eigenvalue weighted by Gasteiger charge is -2.43. The van der Waals surface area contributed by atoms with Crippen molar-refractivity contribution in [1.82, 2.24) is 4.90 Å². The number of carboxylic acids is 1. The molecule has 0 saturated carbocycles. The van der Waals surface area contributed by atoms with Crippen LogP contribution in [0.3, 0.4) is 0 Å². The number of fused-ring (bicyclic) bond motifs is 2. The summed E-state index contributed by atoms with van der Waals surface area (Å²) >= 11 is 5.88. The number of aliphatic carboxylic acids is 1. The first-order valence-corrected chi connectivity index (χ1v) is 7.37. The van der Waals surface area contributed by atoms with Gasteiger partial charge in [-0.1, -0.05) is 11.6 Å². The number of nitrogens with one attached hydrogen (secondary N) is 1. The van der Waals surface area contributed by atoms with Gasteiger partial charge in [0.05, 0.1) is 0 Å². The van der Waals surface area contributed by atoms with Crippen LogP contribution in [0.25, 0.3) is 0 Å². The first-order valence-electron chi connectivity index (χ1n) is 6.99. The van der Waals surface area contributed by atoms with Gasteiger partial charge in [-0.15, -0.1) is 0 Å². The van der Waals surface area contributed by atoms with Crippen molar-refractivity contribution < 1.29 is 9.90 Å². The molecule has 2 N–H and O–H groups in total. The van der Waals surface area contributed by atoms with Crippen LogP contribution in [-0.4, -0.2) is 40.6 Å². The highest BCUT2D eigenvalue weighted by molar-refractivity contribution is 6.30. The number of rotatable bonds is 3. The van der Waals surface area contributed by atoms with E-state index in [-0.39, 0.29) is 0 Å². The Balaban J connectivity index is 1.86. The molecule has 108 valence electrons. The zero-order valence-corrected chi connectivity index (χ0v) is 12.2. The highest BCUT2D eigenvalue weighted by Gasteiger charge is 2.51.